The monoisotopic (exact) mass is 415 g/mol. The molecule has 0 saturated heterocycles. The minimum Gasteiger partial charge on any atom is -0.310 e. The third-order valence-electron chi connectivity index (χ3n) is 5.10. The topological polar surface area (TPSA) is 49.0 Å². The molecule has 3 aromatic rings. The van der Waals surface area contributed by atoms with Crippen LogP contribution in [0, 0.1) is 0 Å². The van der Waals surface area contributed by atoms with E-state index in [-0.39, 0.29) is 5.56 Å². The average Bonchev–Trinajstić information content (AvgIpc) is 3.42. The van der Waals surface area contributed by atoms with Crippen molar-refractivity contribution in [2.75, 3.05) is 6.54 Å². The van der Waals surface area contributed by atoms with Gasteiger partial charge in [0.1, 0.15) is 5.82 Å². The number of aromatic amines is 1. The zero-order valence-corrected chi connectivity index (χ0v) is 16.1. The van der Waals surface area contributed by atoms with E-state index in [1.807, 2.05) is 11.3 Å². The Morgan fingerprint density at radius 3 is 2.96 bits per heavy atom. The molecular weight excluding hydrogens is 398 g/mol. The summed E-state index contributed by atoms with van der Waals surface area (Å²) >= 11 is 5.59. The van der Waals surface area contributed by atoms with Gasteiger partial charge < -0.3 is 4.98 Å². The second-order valence-corrected chi connectivity index (χ2v) is 8.88. The Kier molecular flexibility index (Phi) is 3.80. The first-order valence-corrected chi connectivity index (χ1v) is 10.3. The lowest BCUT2D eigenvalue weighted by molar-refractivity contribution is 0.243. The van der Waals surface area contributed by atoms with E-state index in [1.54, 1.807) is 0 Å². The first-order valence-electron chi connectivity index (χ1n) is 8.69. The number of halogens is 1. The fraction of sp³-hybridized carbons (Fsp3) is 0.368. The maximum absolute atomic E-state index is 12.5. The number of benzene rings is 1. The number of nitrogens with zero attached hydrogens (tertiary/aromatic N) is 2. The number of hydrogen-bond donors (Lipinski definition) is 1. The standard InChI is InChI=1S/C19H18BrN3OS/c20-17-12-3-1-2-4-15(12)25-16(17)10-23-8-7-14-13(9-23)19(24)22-18(21-14)11-5-6-11/h1-4,11H,5-10H2,(H,21,22,24). The molecule has 5 rings (SSSR count). The zero-order valence-electron chi connectivity index (χ0n) is 13.7. The van der Waals surface area contributed by atoms with Crippen molar-refractivity contribution in [3.63, 3.8) is 0 Å². The average molecular weight is 416 g/mol. The quantitative estimate of drug-likeness (QED) is 0.697. The van der Waals surface area contributed by atoms with Gasteiger partial charge in [-0.15, -0.1) is 11.3 Å². The van der Waals surface area contributed by atoms with Crippen molar-refractivity contribution < 1.29 is 0 Å². The number of nitrogens with one attached hydrogen (secondary N) is 1. The number of rotatable bonds is 3. The van der Waals surface area contributed by atoms with Gasteiger partial charge in [0, 0.05) is 51.4 Å². The number of aromatic nitrogens is 2. The molecule has 1 fully saturated rings. The molecule has 1 aliphatic carbocycles. The summed E-state index contributed by atoms with van der Waals surface area (Å²) in [5.41, 5.74) is 1.93. The van der Waals surface area contributed by atoms with Crippen LogP contribution in [0.25, 0.3) is 10.1 Å². The third kappa shape index (κ3) is 2.86. The summed E-state index contributed by atoms with van der Waals surface area (Å²) in [6.45, 7) is 2.50. The highest BCUT2D eigenvalue weighted by Gasteiger charge is 2.29. The van der Waals surface area contributed by atoms with Gasteiger partial charge in [0.05, 0.1) is 11.3 Å². The Morgan fingerprint density at radius 2 is 2.16 bits per heavy atom. The zero-order chi connectivity index (χ0) is 17.0. The molecule has 128 valence electrons. The second kappa shape index (κ2) is 6.04. The highest BCUT2D eigenvalue weighted by atomic mass is 79.9. The van der Waals surface area contributed by atoms with Crippen molar-refractivity contribution in [3.05, 3.63) is 61.1 Å². The van der Waals surface area contributed by atoms with Gasteiger partial charge in [0.2, 0.25) is 0 Å². The van der Waals surface area contributed by atoms with Crippen LogP contribution in [0.5, 0.6) is 0 Å². The second-order valence-electron chi connectivity index (χ2n) is 6.95. The predicted molar refractivity (Wildman–Crippen MR) is 104 cm³/mol. The first-order chi connectivity index (χ1) is 12.2. The van der Waals surface area contributed by atoms with Gasteiger partial charge in [-0.25, -0.2) is 4.98 Å². The van der Waals surface area contributed by atoms with E-state index in [1.165, 1.54) is 19.4 Å². The lowest BCUT2D eigenvalue weighted by atomic mass is 10.1. The molecule has 0 bridgehead atoms. The van der Waals surface area contributed by atoms with Crippen LogP contribution in [-0.2, 0) is 19.5 Å². The van der Waals surface area contributed by atoms with Gasteiger partial charge in [-0.05, 0) is 34.8 Å². The van der Waals surface area contributed by atoms with Crippen LogP contribution in [-0.4, -0.2) is 21.4 Å². The summed E-state index contributed by atoms with van der Waals surface area (Å²) in [5.74, 6) is 1.40. The smallest absolute Gasteiger partial charge is 0.255 e. The molecule has 1 aliphatic heterocycles. The molecule has 0 unspecified atom stereocenters. The van der Waals surface area contributed by atoms with Crippen LogP contribution >= 0.6 is 27.3 Å². The van der Waals surface area contributed by atoms with E-state index in [0.29, 0.717) is 12.5 Å². The summed E-state index contributed by atoms with van der Waals surface area (Å²) in [6.07, 6.45) is 3.18. The predicted octanol–water partition coefficient (Wildman–Crippen LogP) is 4.18. The molecule has 1 saturated carbocycles. The molecule has 25 heavy (non-hydrogen) atoms. The third-order valence-corrected chi connectivity index (χ3v) is 7.42. The SMILES string of the molecule is O=c1[nH]c(C2CC2)nc2c1CN(Cc1sc3ccccc3c1Br)CC2. The molecule has 4 nitrogen and oxygen atoms in total. The van der Waals surface area contributed by atoms with Crippen molar-refractivity contribution in [3.8, 4) is 0 Å². The van der Waals surface area contributed by atoms with E-state index in [2.05, 4.69) is 50.1 Å². The van der Waals surface area contributed by atoms with E-state index in [9.17, 15) is 4.79 Å². The summed E-state index contributed by atoms with van der Waals surface area (Å²) in [5, 5.41) is 1.27. The lowest BCUT2D eigenvalue weighted by Crippen LogP contribution is -2.35. The van der Waals surface area contributed by atoms with Crippen LogP contribution in [0.3, 0.4) is 0 Å². The molecule has 2 aliphatic rings. The fourth-order valence-electron chi connectivity index (χ4n) is 3.55. The minimum atomic E-state index is 0.0620. The van der Waals surface area contributed by atoms with E-state index in [0.717, 1.165) is 49.4 Å². The molecule has 1 N–H and O–H groups in total. The Hall–Kier alpha value is -1.50. The van der Waals surface area contributed by atoms with Crippen molar-refractivity contribution >= 4 is 37.4 Å². The molecule has 2 aromatic heterocycles. The van der Waals surface area contributed by atoms with Gasteiger partial charge in [-0.1, -0.05) is 18.2 Å². The maximum atomic E-state index is 12.5. The summed E-state index contributed by atoms with van der Waals surface area (Å²) in [7, 11) is 0. The molecule has 0 amide bonds. The van der Waals surface area contributed by atoms with Crippen LogP contribution in [0.4, 0.5) is 0 Å². The molecule has 6 heteroatoms. The Labute approximate surface area is 158 Å². The number of fused-ring (bicyclic) bond motifs is 2. The Balaban J connectivity index is 1.41. The summed E-state index contributed by atoms with van der Waals surface area (Å²) in [4.78, 5) is 23.9. The fourth-order valence-corrected chi connectivity index (χ4v) is 5.54. The van der Waals surface area contributed by atoms with E-state index >= 15 is 0 Å². The van der Waals surface area contributed by atoms with Crippen molar-refractivity contribution in [2.45, 2.75) is 38.3 Å². The lowest BCUT2D eigenvalue weighted by Gasteiger charge is -2.27. The van der Waals surface area contributed by atoms with Gasteiger partial charge in [-0.2, -0.15) is 0 Å². The van der Waals surface area contributed by atoms with E-state index in [4.69, 9.17) is 4.98 Å². The Bertz CT molecular complexity index is 1020. The molecule has 0 radical (unpaired) electrons. The molecule has 3 heterocycles. The molecule has 0 atom stereocenters. The van der Waals surface area contributed by atoms with Crippen LogP contribution < -0.4 is 5.56 Å². The van der Waals surface area contributed by atoms with Gasteiger partial charge in [0.25, 0.3) is 5.56 Å². The minimum absolute atomic E-state index is 0.0620. The van der Waals surface area contributed by atoms with Crippen molar-refractivity contribution in [1.82, 2.24) is 14.9 Å². The summed E-state index contributed by atoms with van der Waals surface area (Å²) < 4.78 is 2.49. The highest BCUT2D eigenvalue weighted by Crippen LogP contribution is 2.38. The summed E-state index contributed by atoms with van der Waals surface area (Å²) in [6, 6.07) is 8.46. The van der Waals surface area contributed by atoms with Gasteiger partial charge in [-0.3, -0.25) is 9.69 Å². The van der Waals surface area contributed by atoms with Gasteiger partial charge in [0.15, 0.2) is 0 Å². The Morgan fingerprint density at radius 1 is 1.32 bits per heavy atom. The van der Waals surface area contributed by atoms with Crippen molar-refractivity contribution in [1.29, 1.82) is 0 Å². The normalized spacial score (nSPS) is 17.8. The molecule has 0 spiro atoms. The maximum Gasteiger partial charge on any atom is 0.255 e. The first kappa shape index (κ1) is 15.7. The van der Waals surface area contributed by atoms with Crippen LogP contribution in [0.15, 0.2) is 33.5 Å². The number of hydrogen-bond acceptors (Lipinski definition) is 4. The molecular formula is C19H18BrN3OS. The van der Waals surface area contributed by atoms with E-state index < -0.39 is 0 Å². The van der Waals surface area contributed by atoms with Crippen molar-refractivity contribution in [2.24, 2.45) is 0 Å². The molecule has 1 aromatic carbocycles. The van der Waals surface area contributed by atoms with Crippen LogP contribution in [0.1, 0.15) is 40.7 Å². The van der Waals surface area contributed by atoms with Crippen LogP contribution in [0.2, 0.25) is 0 Å². The largest absolute Gasteiger partial charge is 0.310 e. The number of thiophene rings is 1. The highest BCUT2D eigenvalue weighted by molar-refractivity contribution is 9.10. The number of H-pyrrole nitrogens is 1. The van der Waals surface area contributed by atoms with Gasteiger partial charge >= 0.3 is 0 Å².